The van der Waals surface area contributed by atoms with Gasteiger partial charge in [0.05, 0.1) is 5.69 Å². The summed E-state index contributed by atoms with van der Waals surface area (Å²) in [6.07, 6.45) is 2.40. The molecule has 5 rings (SSSR count). The number of rotatable bonds is 4. The average Bonchev–Trinajstić information content (AvgIpc) is 3.43. The monoisotopic (exact) mass is 384 g/mol. The van der Waals surface area contributed by atoms with Gasteiger partial charge < -0.3 is 9.47 Å². The van der Waals surface area contributed by atoms with E-state index in [2.05, 4.69) is 45.3 Å². The predicted molar refractivity (Wildman–Crippen MR) is 105 cm³/mol. The van der Waals surface area contributed by atoms with Crippen LogP contribution in [0.5, 0.6) is 11.5 Å². The molecule has 0 radical (unpaired) electrons. The summed E-state index contributed by atoms with van der Waals surface area (Å²) in [7, 11) is 0. The van der Waals surface area contributed by atoms with Gasteiger partial charge in [-0.15, -0.1) is 11.3 Å². The van der Waals surface area contributed by atoms with Crippen LogP contribution in [-0.2, 0) is 6.54 Å². The van der Waals surface area contributed by atoms with Crippen molar-refractivity contribution in [2.75, 3.05) is 19.8 Å². The highest BCUT2D eigenvalue weighted by atomic mass is 32.1. The highest BCUT2D eigenvalue weighted by Crippen LogP contribution is 2.39. The molecule has 1 unspecified atom stereocenters. The highest BCUT2D eigenvalue weighted by molar-refractivity contribution is 7.14. The van der Waals surface area contributed by atoms with Crippen molar-refractivity contribution in [3.05, 3.63) is 51.7 Å². The fourth-order valence-electron chi connectivity index (χ4n) is 3.77. The van der Waals surface area contributed by atoms with Crippen LogP contribution in [0.15, 0.2) is 40.4 Å². The standard InChI is InChI=1S/C20H20N2O2S2/c1-2-17(14-3-4-18-19(10-14)24-8-7-23-18)22(6-1)11-16-13-26-20(21-16)15-5-9-25-12-15/h3-5,9-10,12-13,17H,1-2,6-8,11H2. The molecule has 1 saturated heterocycles. The normalized spacial score (nSPS) is 19.8. The smallest absolute Gasteiger partial charge is 0.161 e. The predicted octanol–water partition coefficient (Wildman–Crippen LogP) is 4.98. The van der Waals surface area contributed by atoms with E-state index in [1.807, 2.05) is 0 Å². The van der Waals surface area contributed by atoms with Crippen LogP contribution in [0.1, 0.15) is 30.1 Å². The lowest BCUT2D eigenvalue weighted by Gasteiger charge is -2.26. The number of fused-ring (bicyclic) bond motifs is 1. The molecule has 0 saturated carbocycles. The van der Waals surface area contributed by atoms with Crippen LogP contribution in [0.25, 0.3) is 10.6 Å². The van der Waals surface area contributed by atoms with Crippen molar-refractivity contribution < 1.29 is 9.47 Å². The Labute approximate surface area is 161 Å². The zero-order chi connectivity index (χ0) is 17.3. The van der Waals surface area contributed by atoms with Gasteiger partial charge in [-0.2, -0.15) is 11.3 Å². The number of nitrogens with zero attached hydrogens (tertiary/aromatic N) is 2. The lowest BCUT2D eigenvalue weighted by molar-refractivity contribution is 0.170. The van der Waals surface area contributed by atoms with E-state index in [4.69, 9.17) is 14.5 Å². The Kier molecular flexibility index (Phi) is 4.40. The van der Waals surface area contributed by atoms with Gasteiger partial charge in [-0.25, -0.2) is 4.98 Å². The second-order valence-corrected chi connectivity index (χ2v) is 8.33. The van der Waals surface area contributed by atoms with E-state index >= 15 is 0 Å². The van der Waals surface area contributed by atoms with Crippen molar-refractivity contribution >= 4 is 22.7 Å². The van der Waals surface area contributed by atoms with Gasteiger partial charge in [0.1, 0.15) is 18.2 Å². The topological polar surface area (TPSA) is 34.6 Å². The summed E-state index contributed by atoms with van der Waals surface area (Å²) in [5, 5.41) is 7.59. The lowest BCUT2D eigenvalue weighted by Crippen LogP contribution is -2.23. The van der Waals surface area contributed by atoms with E-state index in [1.165, 1.54) is 29.7 Å². The van der Waals surface area contributed by atoms with Crippen molar-refractivity contribution in [2.24, 2.45) is 0 Å². The summed E-state index contributed by atoms with van der Waals surface area (Å²) in [5.74, 6) is 1.75. The van der Waals surface area contributed by atoms with Crippen molar-refractivity contribution in [3.63, 3.8) is 0 Å². The molecule has 2 aromatic heterocycles. The molecule has 1 aromatic carbocycles. The third-order valence-corrected chi connectivity index (χ3v) is 6.62. The van der Waals surface area contributed by atoms with Gasteiger partial charge in [0.25, 0.3) is 0 Å². The molecular weight excluding hydrogens is 364 g/mol. The van der Waals surface area contributed by atoms with E-state index in [0.29, 0.717) is 19.3 Å². The van der Waals surface area contributed by atoms with Crippen molar-refractivity contribution in [1.82, 2.24) is 9.88 Å². The van der Waals surface area contributed by atoms with Crippen molar-refractivity contribution in [3.8, 4) is 22.1 Å². The molecular formula is C20H20N2O2S2. The molecule has 1 atom stereocenters. The minimum absolute atomic E-state index is 0.428. The number of thiophene rings is 1. The molecule has 3 aromatic rings. The summed E-state index contributed by atoms with van der Waals surface area (Å²) >= 11 is 3.46. The van der Waals surface area contributed by atoms with Crippen LogP contribution >= 0.6 is 22.7 Å². The zero-order valence-corrected chi connectivity index (χ0v) is 16.0. The minimum atomic E-state index is 0.428. The Bertz CT molecular complexity index is 891. The summed E-state index contributed by atoms with van der Waals surface area (Å²) in [5.41, 5.74) is 3.72. The summed E-state index contributed by atoms with van der Waals surface area (Å²) in [4.78, 5) is 7.39. The number of ether oxygens (including phenoxy) is 2. The number of benzene rings is 1. The van der Waals surface area contributed by atoms with Gasteiger partial charge in [-0.3, -0.25) is 4.90 Å². The maximum Gasteiger partial charge on any atom is 0.161 e. The van der Waals surface area contributed by atoms with Gasteiger partial charge in [-0.1, -0.05) is 6.07 Å². The fourth-order valence-corrected chi connectivity index (χ4v) is 5.29. The number of likely N-dealkylation sites (tertiary alicyclic amines) is 1. The first-order valence-electron chi connectivity index (χ1n) is 8.97. The lowest BCUT2D eigenvalue weighted by atomic mass is 10.0. The van der Waals surface area contributed by atoms with Crippen LogP contribution in [0.3, 0.4) is 0 Å². The third kappa shape index (κ3) is 3.13. The number of thiazole rings is 1. The van der Waals surface area contributed by atoms with Gasteiger partial charge in [0.15, 0.2) is 11.5 Å². The molecule has 0 spiro atoms. The average molecular weight is 385 g/mol. The van der Waals surface area contributed by atoms with Crippen LogP contribution in [-0.4, -0.2) is 29.6 Å². The first-order chi connectivity index (χ1) is 12.9. The molecule has 6 heteroatoms. The quantitative estimate of drug-likeness (QED) is 0.635. The van der Waals surface area contributed by atoms with E-state index in [9.17, 15) is 0 Å². The Morgan fingerprint density at radius 1 is 1.12 bits per heavy atom. The first kappa shape index (κ1) is 16.3. The molecule has 134 valence electrons. The molecule has 2 aliphatic rings. The summed E-state index contributed by atoms with van der Waals surface area (Å²) in [6.45, 7) is 3.29. The highest BCUT2D eigenvalue weighted by Gasteiger charge is 2.28. The fraction of sp³-hybridized carbons (Fsp3) is 0.350. The SMILES string of the molecule is c1cc(-c2nc(CN3CCCC3c3ccc4c(c3)OCCO4)cs2)cs1. The maximum atomic E-state index is 5.77. The number of aromatic nitrogens is 1. The summed E-state index contributed by atoms with van der Waals surface area (Å²) in [6, 6.07) is 8.97. The zero-order valence-electron chi connectivity index (χ0n) is 14.4. The molecule has 0 aliphatic carbocycles. The second-order valence-electron chi connectivity index (χ2n) is 6.69. The van der Waals surface area contributed by atoms with Crippen LogP contribution in [0.2, 0.25) is 0 Å². The van der Waals surface area contributed by atoms with E-state index in [1.54, 1.807) is 22.7 Å². The van der Waals surface area contributed by atoms with Crippen LogP contribution in [0.4, 0.5) is 0 Å². The minimum Gasteiger partial charge on any atom is -0.486 e. The molecule has 0 amide bonds. The van der Waals surface area contributed by atoms with Gasteiger partial charge >= 0.3 is 0 Å². The Morgan fingerprint density at radius 2 is 2.04 bits per heavy atom. The van der Waals surface area contributed by atoms with Gasteiger partial charge in [-0.05, 0) is 48.5 Å². The van der Waals surface area contributed by atoms with Crippen LogP contribution < -0.4 is 9.47 Å². The molecule has 4 heterocycles. The van der Waals surface area contributed by atoms with E-state index in [0.717, 1.165) is 29.6 Å². The molecule has 1 fully saturated rings. The Balaban J connectivity index is 1.34. The maximum absolute atomic E-state index is 5.77. The number of hydrogen-bond donors (Lipinski definition) is 0. The number of hydrogen-bond acceptors (Lipinski definition) is 6. The molecule has 4 nitrogen and oxygen atoms in total. The molecule has 0 N–H and O–H groups in total. The third-order valence-electron chi connectivity index (χ3n) is 5.00. The molecule has 2 aliphatic heterocycles. The van der Waals surface area contributed by atoms with E-state index in [-0.39, 0.29) is 0 Å². The van der Waals surface area contributed by atoms with E-state index < -0.39 is 0 Å². The first-order valence-corrected chi connectivity index (χ1v) is 10.8. The van der Waals surface area contributed by atoms with Gasteiger partial charge in [0, 0.05) is 28.9 Å². The van der Waals surface area contributed by atoms with Crippen molar-refractivity contribution in [2.45, 2.75) is 25.4 Å². The second kappa shape index (κ2) is 7.02. The largest absolute Gasteiger partial charge is 0.486 e. The summed E-state index contributed by atoms with van der Waals surface area (Å²) < 4.78 is 11.4. The van der Waals surface area contributed by atoms with Gasteiger partial charge in [0.2, 0.25) is 0 Å². The molecule has 26 heavy (non-hydrogen) atoms. The van der Waals surface area contributed by atoms with Crippen LogP contribution in [0, 0.1) is 0 Å². The Hall–Kier alpha value is -1.89. The Morgan fingerprint density at radius 3 is 2.92 bits per heavy atom. The molecule has 0 bridgehead atoms. The van der Waals surface area contributed by atoms with Crippen molar-refractivity contribution in [1.29, 1.82) is 0 Å².